The van der Waals surface area contributed by atoms with E-state index in [0.717, 1.165) is 5.75 Å². The molecule has 6 heteroatoms. The number of carbonyl (C=O) groups excluding carboxylic acids is 1. The molecule has 0 spiro atoms. The van der Waals surface area contributed by atoms with Gasteiger partial charge in [-0.1, -0.05) is 29.8 Å². The quantitative estimate of drug-likeness (QED) is 0.471. The van der Waals surface area contributed by atoms with Crippen LogP contribution >= 0.6 is 23.5 Å². The van der Waals surface area contributed by atoms with E-state index in [9.17, 15) is 4.79 Å². The fourth-order valence-electron chi connectivity index (χ4n) is 2.97. The Morgan fingerprint density at radius 2 is 1.43 bits per heavy atom. The van der Waals surface area contributed by atoms with Crippen LogP contribution in [-0.4, -0.2) is 24.0 Å². The summed E-state index contributed by atoms with van der Waals surface area (Å²) in [4.78, 5) is 12.2. The van der Waals surface area contributed by atoms with Gasteiger partial charge < -0.3 is 14.8 Å². The van der Waals surface area contributed by atoms with Gasteiger partial charge in [0.2, 0.25) is 0 Å². The van der Waals surface area contributed by atoms with Gasteiger partial charge >= 0.3 is 0 Å². The van der Waals surface area contributed by atoms with E-state index in [1.165, 1.54) is 22.6 Å². The SMILES string of the molecule is Cc1ccc(Oc2ccc(NC(=O)COc3ccc(C4SCCS4)cc3)cc2)cc1. The van der Waals surface area contributed by atoms with E-state index in [1.54, 1.807) is 0 Å². The molecule has 4 nitrogen and oxygen atoms in total. The fourth-order valence-corrected chi connectivity index (χ4v) is 5.83. The van der Waals surface area contributed by atoms with Gasteiger partial charge in [-0.25, -0.2) is 0 Å². The Morgan fingerprint density at radius 1 is 0.867 bits per heavy atom. The second-order valence-corrected chi connectivity index (χ2v) is 9.64. The molecule has 0 atom stereocenters. The highest BCUT2D eigenvalue weighted by atomic mass is 32.2. The number of nitrogens with one attached hydrogen (secondary N) is 1. The van der Waals surface area contributed by atoms with Gasteiger partial charge in [-0.05, 0) is 61.0 Å². The average molecular weight is 438 g/mol. The molecule has 0 saturated carbocycles. The summed E-state index contributed by atoms with van der Waals surface area (Å²) in [5, 5.41) is 2.84. The van der Waals surface area contributed by atoms with Crippen LogP contribution in [0.5, 0.6) is 17.2 Å². The maximum Gasteiger partial charge on any atom is 0.262 e. The highest BCUT2D eigenvalue weighted by molar-refractivity contribution is 8.19. The second-order valence-electron chi connectivity index (χ2n) is 6.92. The average Bonchev–Trinajstić information content (AvgIpc) is 3.31. The summed E-state index contributed by atoms with van der Waals surface area (Å²) in [5.41, 5.74) is 3.18. The summed E-state index contributed by atoms with van der Waals surface area (Å²) in [6.45, 7) is 2.00. The monoisotopic (exact) mass is 437 g/mol. The predicted octanol–water partition coefficient (Wildman–Crippen LogP) is 6.28. The topological polar surface area (TPSA) is 47.6 Å². The van der Waals surface area contributed by atoms with Crippen molar-refractivity contribution in [2.45, 2.75) is 11.5 Å². The number of benzene rings is 3. The van der Waals surface area contributed by atoms with Crippen molar-refractivity contribution >= 4 is 35.1 Å². The van der Waals surface area contributed by atoms with Crippen LogP contribution in [0.25, 0.3) is 0 Å². The Balaban J connectivity index is 1.25. The van der Waals surface area contributed by atoms with Crippen molar-refractivity contribution in [3.8, 4) is 17.2 Å². The molecule has 3 aromatic carbocycles. The Morgan fingerprint density at radius 3 is 2.07 bits per heavy atom. The van der Waals surface area contributed by atoms with Gasteiger partial charge in [-0.3, -0.25) is 4.79 Å². The molecule has 154 valence electrons. The van der Waals surface area contributed by atoms with Gasteiger partial charge in [0.25, 0.3) is 5.91 Å². The van der Waals surface area contributed by atoms with Crippen molar-refractivity contribution in [1.29, 1.82) is 0 Å². The first-order valence-electron chi connectivity index (χ1n) is 9.76. The van der Waals surface area contributed by atoms with Crippen molar-refractivity contribution in [2.75, 3.05) is 23.4 Å². The molecule has 30 heavy (non-hydrogen) atoms. The molecule has 0 radical (unpaired) electrons. The predicted molar refractivity (Wildman–Crippen MR) is 126 cm³/mol. The van der Waals surface area contributed by atoms with Gasteiger partial charge in [0.15, 0.2) is 6.61 Å². The highest BCUT2D eigenvalue weighted by Crippen LogP contribution is 2.45. The molecule has 1 aliphatic heterocycles. The normalized spacial score (nSPS) is 13.8. The van der Waals surface area contributed by atoms with Crippen LogP contribution in [0.2, 0.25) is 0 Å². The van der Waals surface area contributed by atoms with E-state index in [-0.39, 0.29) is 12.5 Å². The molecular formula is C24H23NO3S2. The van der Waals surface area contributed by atoms with E-state index in [0.29, 0.717) is 21.8 Å². The number of hydrogen-bond donors (Lipinski definition) is 1. The first-order chi connectivity index (χ1) is 14.7. The standard InChI is InChI=1S/C24H23NO3S2/c1-17-2-8-21(9-3-17)28-22-12-6-19(7-13-22)25-23(26)16-27-20-10-4-18(5-11-20)24-29-14-15-30-24/h2-13,24H,14-16H2,1H3,(H,25,26). The highest BCUT2D eigenvalue weighted by Gasteiger charge is 2.18. The summed E-state index contributed by atoms with van der Waals surface area (Å²) >= 11 is 3.94. The van der Waals surface area contributed by atoms with Crippen LogP contribution < -0.4 is 14.8 Å². The lowest BCUT2D eigenvalue weighted by Gasteiger charge is -2.11. The van der Waals surface area contributed by atoms with Crippen molar-refractivity contribution in [3.63, 3.8) is 0 Å². The largest absolute Gasteiger partial charge is 0.484 e. The van der Waals surface area contributed by atoms with Gasteiger partial charge in [-0.15, -0.1) is 23.5 Å². The van der Waals surface area contributed by atoms with Gasteiger partial charge in [-0.2, -0.15) is 0 Å². The Labute approximate surface area is 185 Å². The van der Waals surface area contributed by atoms with E-state index in [4.69, 9.17) is 9.47 Å². The summed E-state index contributed by atoms with van der Waals surface area (Å²) in [6, 6.07) is 23.2. The lowest BCUT2D eigenvalue weighted by Crippen LogP contribution is -2.20. The molecule has 1 N–H and O–H groups in total. The minimum atomic E-state index is -0.201. The molecular weight excluding hydrogens is 414 g/mol. The van der Waals surface area contributed by atoms with Crippen LogP contribution in [-0.2, 0) is 4.79 Å². The van der Waals surface area contributed by atoms with Gasteiger partial charge in [0.1, 0.15) is 17.2 Å². The third-order valence-electron chi connectivity index (χ3n) is 4.54. The van der Waals surface area contributed by atoms with E-state index in [2.05, 4.69) is 17.4 Å². The number of carbonyl (C=O) groups is 1. The summed E-state index contributed by atoms with van der Waals surface area (Å²) in [5.74, 6) is 4.39. The number of amides is 1. The Bertz CT molecular complexity index is 967. The molecule has 3 aromatic rings. The Hall–Kier alpha value is -2.57. The van der Waals surface area contributed by atoms with E-state index in [1.807, 2.05) is 91.1 Å². The molecule has 0 aliphatic carbocycles. The first kappa shape index (κ1) is 20.7. The number of anilines is 1. The lowest BCUT2D eigenvalue weighted by molar-refractivity contribution is -0.118. The van der Waals surface area contributed by atoms with Gasteiger partial charge in [0.05, 0.1) is 4.58 Å². The van der Waals surface area contributed by atoms with Gasteiger partial charge in [0, 0.05) is 17.2 Å². The number of hydrogen-bond acceptors (Lipinski definition) is 5. The summed E-state index contributed by atoms with van der Waals surface area (Å²) in [6.07, 6.45) is 0. The lowest BCUT2D eigenvalue weighted by atomic mass is 10.2. The zero-order valence-corrected chi connectivity index (χ0v) is 18.3. The molecule has 1 heterocycles. The van der Waals surface area contributed by atoms with E-state index < -0.39 is 0 Å². The summed E-state index contributed by atoms with van der Waals surface area (Å²) < 4.78 is 11.9. The maximum absolute atomic E-state index is 12.2. The van der Waals surface area contributed by atoms with Crippen LogP contribution in [0.4, 0.5) is 5.69 Å². The fraction of sp³-hybridized carbons (Fsp3) is 0.208. The number of aryl methyl sites for hydroxylation is 1. The smallest absolute Gasteiger partial charge is 0.262 e. The minimum absolute atomic E-state index is 0.0338. The minimum Gasteiger partial charge on any atom is -0.484 e. The first-order valence-corrected chi connectivity index (χ1v) is 11.9. The van der Waals surface area contributed by atoms with Crippen LogP contribution in [0.15, 0.2) is 72.8 Å². The third kappa shape index (κ3) is 5.74. The van der Waals surface area contributed by atoms with Crippen molar-refractivity contribution in [2.24, 2.45) is 0 Å². The van der Waals surface area contributed by atoms with Crippen LogP contribution in [0.1, 0.15) is 15.7 Å². The van der Waals surface area contributed by atoms with Crippen molar-refractivity contribution in [3.05, 3.63) is 83.9 Å². The molecule has 0 unspecified atom stereocenters. The van der Waals surface area contributed by atoms with Crippen molar-refractivity contribution < 1.29 is 14.3 Å². The second kappa shape index (κ2) is 9.96. The molecule has 0 bridgehead atoms. The molecule has 0 aromatic heterocycles. The zero-order valence-electron chi connectivity index (χ0n) is 16.7. The molecule has 1 aliphatic rings. The van der Waals surface area contributed by atoms with Crippen molar-refractivity contribution in [1.82, 2.24) is 0 Å². The third-order valence-corrected chi connectivity index (χ3v) is 7.64. The Kier molecular flexibility index (Phi) is 6.87. The molecule has 1 saturated heterocycles. The molecule has 1 fully saturated rings. The molecule has 1 amide bonds. The maximum atomic E-state index is 12.2. The van der Waals surface area contributed by atoms with Crippen LogP contribution in [0.3, 0.4) is 0 Å². The van der Waals surface area contributed by atoms with E-state index >= 15 is 0 Å². The number of thioether (sulfide) groups is 2. The molecule has 4 rings (SSSR count). The number of rotatable bonds is 7. The van der Waals surface area contributed by atoms with Crippen LogP contribution in [0, 0.1) is 6.92 Å². The summed E-state index contributed by atoms with van der Waals surface area (Å²) in [7, 11) is 0. The number of ether oxygens (including phenoxy) is 2. The zero-order chi connectivity index (χ0) is 20.8.